The molecule has 17 heavy (non-hydrogen) atoms. The molecular formula is C11H8F2N2OS. The van der Waals surface area contributed by atoms with E-state index in [1.807, 2.05) is 0 Å². The van der Waals surface area contributed by atoms with Crippen molar-refractivity contribution in [2.24, 2.45) is 0 Å². The van der Waals surface area contributed by atoms with E-state index in [1.165, 1.54) is 12.3 Å². The van der Waals surface area contributed by atoms with E-state index >= 15 is 0 Å². The van der Waals surface area contributed by atoms with Crippen molar-refractivity contribution in [2.75, 3.05) is 0 Å². The maximum Gasteiger partial charge on any atom is 0.251 e. The van der Waals surface area contributed by atoms with Gasteiger partial charge in [-0.15, -0.1) is 0 Å². The molecule has 0 aliphatic rings. The lowest BCUT2D eigenvalue weighted by Gasteiger charge is -2.02. The minimum Gasteiger partial charge on any atom is -0.301 e. The fourth-order valence-electron chi connectivity index (χ4n) is 1.23. The monoisotopic (exact) mass is 254 g/mol. The number of benzene rings is 1. The summed E-state index contributed by atoms with van der Waals surface area (Å²) in [5, 5.41) is 0.376. The van der Waals surface area contributed by atoms with Crippen LogP contribution in [0.1, 0.15) is 5.56 Å². The summed E-state index contributed by atoms with van der Waals surface area (Å²) in [5.74, 6) is -0.759. The predicted octanol–water partition coefficient (Wildman–Crippen LogP) is 2.34. The maximum atomic E-state index is 13.3. The first-order valence-corrected chi connectivity index (χ1v) is 5.76. The second-order valence-electron chi connectivity index (χ2n) is 3.26. The highest BCUT2D eigenvalue weighted by atomic mass is 32.2. The average molecular weight is 254 g/mol. The molecule has 0 unspecified atom stereocenters. The van der Waals surface area contributed by atoms with Gasteiger partial charge in [-0.05, 0) is 18.2 Å². The molecule has 0 aliphatic heterocycles. The highest BCUT2D eigenvalue weighted by Crippen LogP contribution is 2.20. The molecule has 0 radical (unpaired) electrons. The van der Waals surface area contributed by atoms with E-state index in [1.54, 1.807) is 0 Å². The van der Waals surface area contributed by atoms with Gasteiger partial charge in [-0.1, -0.05) is 11.8 Å². The molecule has 2 aromatic rings. The van der Waals surface area contributed by atoms with Crippen LogP contribution in [0.25, 0.3) is 0 Å². The zero-order chi connectivity index (χ0) is 12.3. The Balaban J connectivity index is 2.12. The van der Waals surface area contributed by atoms with Crippen LogP contribution >= 0.6 is 11.8 Å². The van der Waals surface area contributed by atoms with E-state index in [9.17, 15) is 13.6 Å². The summed E-state index contributed by atoms with van der Waals surface area (Å²) in [5.41, 5.74) is -0.0382. The van der Waals surface area contributed by atoms with Crippen LogP contribution < -0.4 is 5.56 Å². The normalized spacial score (nSPS) is 10.5. The molecule has 1 heterocycles. The van der Waals surface area contributed by atoms with Gasteiger partial charge in [0.2, 0.25) is 0 Å². The Morgan fingerprint density at radius 1 is 1.29 bits per heavy atom. The van der Waals surface area contributed by atoms with Gasteiger partial charge in [0.15, 0.2) is 5.16 Å². The Labute approximate surface area is 99.9 Å². The Morgan fingerprint density at radius 3 is 2.88 bits per heavy atom. The van der Waals surface area contributed by atoms with Gasteiger partial charge in [0.1, 0.15) is 11.6 Å². The summed E-state index contributed by atoms with van der Waals surface area (Å²) in [6, 6.07) is 4.55. The van der Waals surface area contributed by atoms with Crippen molar-refractivity contribution < 1.29 is 8.78 Å². The molecule has 0 spiro atoms. The molecule has 3 nitrogen and oxygen atoms in total. The fourth-order valence-corrected chi connectivity index (χ4v) is 2.05. The quantitative estimate of drug-likeness (QED) is 0.675. The number of hydrogen-bond acceptors (Lipinski definition) is 3. The van der Waals surface area contributed by atoms with Crippen LogP contribution in [-0.2, 0) is 5.75 Å². The summed E-state index contributed by atoms with van der Waals surface area (Å²) < 4.78 is 26.2. The highest BCUT2D eigenvalue weighted by Gasteiger charge is 2.05. The molecule has 6 heteroatoms. The zero-order valence-electron chi connectivity index (χ0n) is 8.61. The third-order valence-corrected chi connectivity index (χ3v) is 2.96. The third kappa shape index (κ3) is 3.13. The first-order valence-electron chi connectivity index (χ1n) is 4.77. The van der Waals surface area contributed by atoms with Crippen LogP contribution in [0.2, 0.25) is 0 Å². The molecule has 1 aromatic heterocycles. The second-order valence-corrected chi connectivity index (χ2v) is 4.23. The summed E-state index contributed by atoms with van der Waals surface area (Å²) in [4.78, 5) is 17.4. The van der Waals surface area contributed by atoms with Crippen LogP contribution in [-0.4, -0.2) is 9.97 Å². The van der Waals surface area contributed by atoms with E-state index in [0.29, 0.717) is 5.16 Å². The highest BCUT2D eigenvalue weighted by molar-refractivity contribution is 7.98. The van der Waals surface area contributed by atoms with Gasteiger partial charge in [-0.2, -0.15) is 0 Å². The van der Waals surface area contributed by atoms with Gasteiger partial charge >= 0.3 is 0 Å². The van der Waals surface area contributed by atoms with Gasteiger partial charge in [-0.3, -0.25) is 4.79 Å². The number of nitrogens with zero attached hydrogens (tertiary/aromatic N) is 1. The second kappa shape index (κ2) is 5.09. The molecule has 0 bridgehead atoms. The number of aromatic amines is 1. The smallest absolute Gasteiger partial charge is 0.251 e. The van der Waals surface area contributed by atoms with E-state index in [0.717, 1.165) is 30.0 Å². The Kier molecular flexibility index (Phi) is 3.53. The van der Waals surface area contributed by atoms with E-state index in [4.69, 9.17) is 0 Å². The molecule has 0 aliphatic carbocycles. The van der Waals surface area contributed by atoms with Crippen LogP contribution in [0.3, 0.4) is 0 Å². The number of aromatic nitrogens is 2. The lowest BCUT2D eigenvalue weighted by Crippen LogP contribution is -2.05. The molecule has 0 saturated carbocycles. The number of nitrogens with one attached hydrogen (secondary N) is 1. The minimum absolute atomic E-state index is 0.205. The summed E-state index contributed by atoms with van der Waals surface area (Å²) in [6.07, 6.45) is 1.36. The van der Waals surface area contributed by atoms with Crippen LogP contribution in [0, 0.1) is 11.6 Å². The number of thioether (sulfide) groups is 1. The molecule has 0 amide bonds. The Bertz CT molecular complexity index is 586. The molecule has 0 fully saturated rings. The Morgan fingerprint density at radius 2 is 2.12 bits per heavy atom. The maximum absolute atomic E-state index is 13.3. The third-order valence-electron chi connectivity index (χ3n) is 2.02. The van der Waals surface area contributed by atoms with Crippen molar-refractivity contribution in [1.82, 2.24) is 9.97 Å². The minimum atomic E-state index is -0.489. The average Bonchev–Trinajstić information content (AvgIpc) is 2.30. The zero-order valence-corrected chi connectivity index (χ0v) is 9.43. The molecule has 0 atom stereocenters. The SMILES string of the molecule is O=c1ccnc(SCc2cc(F)ccc2F)[nH]1. The lowest BCUT2D eigenvalue weighted by atomic mass is 10.2. The fraction of sp³-hybridized carbons (Fsp3) is 0.0909. The number of rotatable bonds is 3. The standard InChI is InChI=1S/C11H8F2N2OS/c12-8-1-2-9(13)7(5-8)6-17-11-14-4-3-10(16)15-11/h1-5H,6H2,(H,14,15,16). The van der Waals surface area contributed by atoms with Gasteiger partial charge in [-0.25, -0.2) is 13.8 Å². The van der Waals surface area contributed by atoms with E-state index in [-0.39, 0.29) is 16.9 Å². The number of H-pyrrole nitrogens is 1. The molecule has 0 saturated heterocycles. The van der Waals surface area contributed by atoms with E-state index in [2.05, 4.69) is 9.97 Å². The Hall–Kier alpha value is -1.69. The number of halogens is 2. The van der Waals surface area contributed by atoms with Crippen molar-refractivity contribution in [3.05, 3.63) is 58.0 Å². The summed E-state index contributed by atoms with van der Waals surface area (Å²) in [7, 11) is 0. The molecule has 1 aromatic carbocycles. The van der Waals surface area contributed by atoms with Crippen LogP contribution in [0.4, 0.5) is 8.78 Å². The van der Waals surface area contributed by atoms with Gasteiger partial charge in [0, 0.05) is 23.6 Å². The molecular weight excluding hydrogens is 246 g/mol. The largest absolute Gasteiger partial charge is 0.301 e. The van der Waals surface area contributed by atoms with Gasteiger partial charge in [0.25, 0.3) is 5.56 Å². The topological polar surface area (TPSA) is 45.8 Å². The molecule has 88 valence electrons. The number of hydrogen-bond donors (Lipinski definition) is 1. The summed E-state index contributed by atoms with van der Waals surface area (Å²) in [6.45, 7) is 0. The first kappa shape index (κ1) is 11.8. The lowest BCUT2D eigenvalue weighted by molar-refractivity contribution is 0.591. The van der Waals surface area contributed by atoms with Crippen molar-refractivity contribution >= 4 is 11.8 Å². The van der Waals surface area contributed by atoms with Crippen molar-refractivity contribution in [3.63, 3.8) is 0 Å². The van der Waals surface area contributed by atoms with E-state index < -0.39 is 11.6 Å². The van der Waals surface area contributed by atoms with Crippen LogP contribution in [0.5, 0.6) is 0 Å². The first-order chi connectivity index (χ1) is 8.15. The van der Waals surface area contributed by atoms with Crippen LogP contribution in [0.15, 0.2) is 40.4 Å². The molecule has 2 rings (SSSR count). The van der Waals surface area contributed by atoms with Crippen molar-refractivity contribution in [3.8, 4) is 0 Å². The van der Waals surface area contributed by atoms with Crippen molar-refractivity contribution in [2.45, 2.75) is 10.9 Å². The predicted molar refractivity (Wildman–Crippen MR) is 60.8 cm³/mol. The summed E-state index contributed by atoms with van der Waals surface area (Å²) >= 11 is 1.14. The van der Waals surface area contributed by atoms with Gasteiger partial charge < -0.3 is 4.98 Å². The van der Waals surface area contributed by atoms with Crippen molar-refractivity contribution in [1.29, 1.82) is 0 Å². The van der Waals surface area contributed by atoms with Gasteiger partial charge in [0.05, 0.1) is 0 Å². The molecule has 1 N–H and O–H groups in total.